The van der Waals surface area contributed by atoms with Crippen molar-refractivity contribution in [2.45, 2.75) is 32.5 Å². The Hall–Kier alpha value is -2.12. The zero-order valence-electron chi connectivity index (χ0n) is 15.2. The molecule has 1 saturated heterocycles. The normalized spacial score (nSPS) is 25.6. The van der Waals surface area contributed by atoms with Crippen LogP contribution in [-0.4, -0.2) is 16.7 Å². The van der Waals surface area contributed by atoms with Crippen LogP contribution in [0.2, 0.25) is 0 Å². The molecule has 0 radical (unpaired) electrons. The predicted molar refractivity (Wildman–Crippen MR) is 113 cm³/mol. The molecule has 0 aliphatic carbocycles. The van der Waals surface area contributed by atoms with Gasteiger partial charge >= 0.3 is 0 Å². The molecule has 0 spiro atoms. The van der Waals surface area contributed by atoms with E-state index in [2.05, 4.69) is 31.9 Å². The Morgan fingerprint density at radius 1 is 1.26 bits per heavy atom. The number of nitrogens with one attached hydrogen (secondary N) is 3. The second-order valence-electron chi connectivity index (χ2n) is 7.25. The molecule has 27 heavy (non-hydrogen) atoms. The number of ether oxygens (including phenoxy) is 1. The number of carbonyl (C=O) groups is 1. The molecule has 2 aromatic rings. The van der Waals surface area contributed by atoms with Gasteiger partial charge in [-0.3, -0.25) is 4.79 Å². The van der Waals surface area contributed by atoms with Gasteiger partial charge in [-0.25, -0.2) is 0 Å². The zero-order chi connectivity index (χ0) is 19.3. The standard InChI is InChI=1S/C20H20BrN3O2S/c1-10-4-6-14(11(2)8-10)22-18(25)16-17-13-9-12(21)5-7-15(13)26-20(16,3)24-19(27)23-17/h4-9,16-17H,1-3H3,(H,22,25)(H2,23,24,27)/t16-,17+,20-/m0/s1. The van der Waals surface area contributed by atoms with Crippen molar-refractivity contribution in [2.24, 2.45) is 5.92 Å². The number of benzene rings is 2. The Labute approximate surface area is 172 Å². The highest BCUT2D eigenvalue weighted by atomic mass is 79.9. The third-order valence-corrected chi connectivity index (χ3v) is 5.84. The number of anilines is 1. The third-order valence-electron chi connectivity index (χ3n) is 5.13. The van der Waals surface area contributed by atoms with Crippen LogP contribution < -0.4 is 20.7 Å². The van der Waals surface area contributed by atoms with E-state index in [0.717, 1.165) is 32.6 Å². The van der Waals surface area contributed by atoms with Crippen LogP contribution in [0, 0.1) is 19.8 Å². The average Bonchev–Trinajstić information content (AvgIpc) is 2.57. The maximum Gasteiger partial charge on any atom is 0.236 e. The van der Waals surface area contributed by atoms with Crippen LogP contribution in [-0.2, 0) is 4.79 Å². The number of halogens is 1. The maximum atomic E-state index is 13.3. The molecule has 0 unspecified atom stereocenters. The van der Waals surface area contributed by atoms with Crippen molar-refractivity contribution in [3.8, 4) is 5.75 Å². The minimum absolute atomic E-state index is 0.123. The van der Waals surface area contributed by atoms with Crippen LogP contribution in [0.4, 0.5) is 5.69 Å². The van der Waals surface area contributed by atoms with Gasteiger partial charge in [-0.1, -0.05) is 33.6 Å². The first kappa shape index (κ1) is 18.3. The SMILES string of the molecule is Cc1ccc(NC(=O)[C@@H]2[C@@H]3NC(=S)N[C@@]2(C)Oc2ccc(Br)cc23)c(C)c1. The summed E-state index contributed by atoms with van der Waals surface area (Å²) in [6, 6.07) is 11.5. The molecule has 0 saturated carbocycles. The second kappa shape index (κ2) is 6.49. The van der Waals surface area contributed by atoms with Gasteiger partial charge in [-0.2, -0.15) is 0 Å². The molecule has 2 aliphatic heterocycles. The van der Waals surface area contributed by atoms with E-state index in [1.165, 1.54) is 0 Å². The fraction of sp³-hybridized carbons (Fsp3) is 0.300. The minimum Gasteiger partial charge on any atom is -0.467 e. The molecule has 2 aliphatic rings. The van der Waals surface area contributed by atoms with Crippen molar-refractivity contribution in [1.82, 2.24) is 10.6 Å². The second-order valence-corrected chi connectivity index (χ2v) is 8.58. The largest absolute Gasteiger partial charge is 0.467 e. The Kier molecular flexibility index (Phi) is 4.39. The molecule has 2 aromatic carbocycles. The molecule has 3 atom stereocenters. The third kappa shape index (κ3) is 3.19. The van der Waals surface area contributed by atoms with E-state index in [4.69, 9.17) is 17.0 Å². The summed E-state index contributed by atoms with van der Waals surface area (Å²) in [5.41, 5.74) is 2.95. The zero-order valence-corrected chi connectivity index (χ0v) is 17.6. The van der Waals surface area contributed by atoms with Gasteiger partial charge in [0.1, 0.15) is 11.7 Å². The number of hydrogen-bond acceptors (Lipinski definition) is 3. The summed E-state index contributed by atoms with van der Waals surface area (Å²) >= 11 is 8.86. The molecular formula is C20H20BrN3O2S. The van der Waals surface area contributed by atoms with Crippen molar-refractivity contribution in [3.05, 3.63) is 57.6 Å². The number of rotatable bonds is 2. The average molecular weight is 446 g/mol. The minimum atomic E-state index is -0.934. The highest BCUT2D eigenvalue weighted by molar-refractivity contribution is 9.10. The number of fused-ring (bicyclic) bond motifs is 4. The van der Waals surface area contributed by atoms with Crippen LogP contribution in [0.1, 0.15) is 29.7 Å². The predicted octanol–water partition coefficient (Wildman–Crippen LogP) is 3.95. The van der Waals surface area contributed by atoms with Crippen LogP contribution in [0.5, 0.6) is 5.75 Å². The van der Waals surface area contributed by atoms with E-state index in [1.807, 2.05) is 57.2 Å². The summed E-state index contributed by atoms with van der Waals surface area (Å²) in [5, 5.41) is 9.94. The topological polar surface area (TPSA) is 62.4 Å². The quantitative estimate of drug-likeness (QED) is 0.610. The van der Waals surface area contributed by atoms with Gasteiger partial charge in [-0.15, -0.1) is 0 Å². The van der Waals surface area contributed by atoms with Gasteiger partial charge in [0.2, 0.25) is 5.91 Å². The van der Waals surface area contributed by atoms with Crippen molar-refractivity contribution in [1.29, 1.82) is 0 Å². The lowest BCUT2D eigenvalue weighted by molar-refractivity contribution is -0.132. The Morgan fingerprint density at radius 2 is 2.04 bits per heavy atom. The highest BCUT2D eigenvalue weighted by Crippen LogP contribution is 2.46. The maximum absolute atomic E-state index is 13.3. The molecule has 1 amide bonds. The Morgan fingerprint density at radius 3 is 2.78 bits per heavy atom. The number of hydrogen-bond donors (Lipinski definition) is 3. The van der Waals surface area contributed by atoms with Crippen molar-refractivity contribution in [3.63, 3.8) is 0 Å². The molecule has 140 valence electrons. The summed E-state index contributed by atoms with van der Waals surface area (Å²) in [5.74, 6) is 0.109. The van der Waals surface area contributed by atoms with E-state index in [9.17, 15) is 4.79 Å². The molecule has 0 aromatic heterocycles. The van der Waals surface area contributed by atoms with E-state index in [-0.39, 0.29) is 11.9 Å². The number of amides is 1. The molecule has 2 heterocycles. The van der Waals surface area contributed by atoms with Gasteiger partial charge in [0, 0.05) is 15.7 Å². The Bertz CT molecular complexity index is 964. The van der Waals surface area contributed by atoms with Crippen LogP contribution in [0.3, 0.4) is 0 Å². The highest BCUT2D eigenvalue weighted by Gasteiger charge is 2.54. The van der Waals surface area contributed by atoms with Gasteiger partial charge in [0.15, 0.2) is 10.8 Å². The molecule has 3 N–H and O–H groups in total. The first-order valence-corrected chi connectivity index (χ1v) is 9.92. The van der Waals surface area contributed by atoms with Crippen LogP contribution >= 0.6 is 28.1 Å². The molecule has 5 nitrogen and oxygen atoms in total. The van der Waals surface area contributed by atoms with Gasteiger partial charge in [-0.05, 0) is 62.8 Å². The molecule has 4 rings (SSSR count). The van der Waals surface area contributed by atoms with Crippen molar-refractivity contribution < 1.29 is 9.53 Å². The summed E-state index contributed by atoms with van der Waals surface area (Å²) in [7, 11) is 0. The molecule has 2 bridgehead atoms. The van der Waals surface area contributed by atoms with E-state index < -0.39 is 11.6 Å². The molecule has 7 heteroatoms. The Balaban J connectivity index is 1.73. The number of carbonyl (C=O) groups excluding carboxylic acids is 1. The number of thiocarbonyl (C=S) groups is 1. The first-order chi connectivity index (χ1) is 12.8. The lowest BCUT2D eigenvalue weighted by Crippen LogP contribution is -2.70. The lowest BCUT2D eigenvalue weighted by Gasteiger charge is -2.50. The summed E-state index contributed by atoms with van der Waals surface area (Å²) < 4.78 is 7.14. The van der Waals surface area contributed by atoms with E-state index >= 15 is 0 Å². The number of aryl methyl sites for hydroxylation is 2. The van der Waals surface area contributed by atoms with E-state index in [1.54, 1.807) is 0 Å². The fourth-order valence-electron chi connectivity index (χ4n) is 3.88. The smallest absolute Gasteiger partial charge is 0.236 e. The van der Waals surface area contributed by atoms with Gasteiger partial charge < -0.3 is 20.7 Å². The lowest BCUT2D eigenvalue weighted by atomic mass is 9.80. The van der Waals surface area contributed by atoms with Crippen molar-refractivity contribution >= 4 is 44.9 Å². The van der Waals surface area contributed by atoms with Crippen molar-refractivity contribution in [2.75, 3.05) is 5.32 Å². The van der Waals surface area contributed by atoms with Gasteiger partial charge in [0.25, 0.3) is 0 Å². The first-order valence-electron chi connectivity index (χ1n) is 8.72. The van der Waals surface area contributed by atoms with Crippen LogP contribution in [0.15, 0.2) is 40.9 Å². The summed E-state index contributed by atoms with van der Waals surface area (Å²) in [4.78, 5) is 13.3. The monoisotopic (exact) mass is 445 g/mol. The summed E-state index contributed by atoms with van der Waals surface area (Å²) in [6.45, 7) is 5.88. The fourth-order valence-corrected chi connectivity index (χ4v) is 4.59. The molecular weight excluding hydrogens is 426 g/mol. The van der Waals surface area contributed by atoms with Gasteiger partial charge in [0.05, 0.1) is 6.04 Å². The van der Waals surface area contributed by atoms with E-state index in [0.29, 0.717) is 5.11 Å². The van der Waals surface area contributed by atoms with Crippen LogP contribution in [0.25, 0.3) is 0 Å². The molecule has 1 fully saturated rings. The summed E-state index contributed by atoms with van der Waals surface area (Å²) in [6.07, 6.45) is 0.